The molecule has 2 atom stereocenters. The summed E-state index contributed by atoms with van der Waals surface area (Å²) in [5, 5.41) is 4.51. The first-order valence-electron chi connectivity index (χ1n) is 14.8. The molecule has 3 aromatic carbocycles. The predicted molar refractivity (Wildman–Crippen MR) is 172 cm³/mol. The van der Waals surface area contributed by atoms with E-state index >= 15 is 0 Å². The van der Waals surface area contributed by atoms with E-state index in [-0.39, 0.29) is 0 Å². The van der Waals surface area contributed by atoms with E-state index in [1.165, 1.54) is 5.56 Å². The van der Waals surface area contributed by atoms with Crippen molar-refractivity contribution in [2.75, 3.05) is 55.5 Å². The molecule has 2 aliphatic heterocycles. The maximum atomic E-state index is 6.39. The van der Waals surface area contributed by atoms with E-state index in [1.54, 1.807) is 6.33 Å². The second-order valence-electron chi connectivity index (χ2n) is 11.5. The third-order valence-electron chi connectivity index (χ3n) is 8.60. The largest absolute Gasteiger partial charge is 0.489 e. The van der Waals surface area contributed by atoms with Crippen LogP contribution in [0.25, 0.3) is 10.9 Å². The SMILES string of the molecule is C=CN(C)c1ccc(Oc2ccc(Nc3ncnc4cc5c(cc34)N3CCN(C)CC3CO5)cc2C)cc1C(C)CC. The number of rotatable bonds is 8. The molecule has 0 spiro atoms. The molecule has 0 aliphatic carbocycles. The van der Waals surface area contributed by atoms with Crippen LogP contribution in [0.3, 0.4) is 0 Å². The molecule has 1 saturated heterocycles. The minimum Gasteiger partial charge on any atom is -0.489 e. The third kappa shape index (κ3) is 5.34. The number of nitrogens with one attached hydrogen (secondary N) is 1. The maximum absolute atomic E-state index is 6.39. The van der Waals surface area contributed by atoms with Gasteiger partial charge in [0.15, 0.2) is 0 Å². The predicted octanol–water partition coefficient (Wildman–Crippen LogP) is 7.08. The van der Waals surface area contributed by atoms with Crippen molar-refractivity contribution in [1.29, 1.82) is 0 Å². The Morgan fingerprint density at radius 2 is 2.02 bits per heavy atom. The quantitative estimate of drug-likeness (QED) is 0.244. The van der Waals surface area contributed by atoms with E-state index in [1.807, 2.05) is 37.5 Å². The summed E-state index contributed by atoms with van der Waals surface area (Å²) in [5.74, 6) is 3.71. The fraction of sp³-hybridized carbons (Fsp3) is 0.353. The summed E-state index contributed by atoms with van der Waals surface area (Å²) >= 11 is 0. The molecule has 0 amide bonds. The van der Waals surface area contributed by atoms with Crippen molar-refractivity contribution in [3.8, 4) is 17.2 Å². The molecule has 1 fully saturated rings. The number of hydrogen-bond donors (Lipinski definition) is 1. The van der Waals surface area contributed by atoms with Gasteiger partial charge in [0.05, 0.1) is 17.2 Å². The summed E-state index contributed by atoms with van der Waals surface area (Å²) in [7, 11) is 4.20. The van der Waals surface area contributed by atoms with Crippen LogP contribution < -0.4 is 24.6 Å². The molecule has 218 valence electrons. The average molecular weight is 565 g/mol. The highest BCUT2D eigenvalue weighted by Gasteiger charge is 2.32. The van der Waals surface area contributed by atoms with Crippen LogP contribution in [0.4, 0.5) is 22.9 Å². The Morgan fingerprint density at radius 3 is 2.81 bits per heavy atom. The molecular weight excluding hydrogens is 524 g/mol. The van der Waals surface area contributed by atoms with Crippen molar-refractivity contribution >= 4 is 33.8 Å². The maximum Gasteiger partial charge on any atom is 0.144 e. The van der Waals surface area contributed by atoms with Crippen molar-refractivity contribution in [3.05, 3.63) is 78.8 Å². The Labute approximate surface area is 248 Å². The van der Waals surface area contributed by atoms with Crippen molar-refractivity contribution < 1.29 is 9.47 Å². The minimum atomic E-state index is 0.352. The van der Waals surface area contributed by atoms with Crippen LogP contribution in [0, 0.1) is 6.92 Å². The van der Waals surface area contributed by atoms with Gasteiger partial charge in [-0.2, -0.15) is 0 Å². The highest BCUT2D eigenvalue weighted by molar-refractivity contribution is 5.95. The molecule has 6 rings (SSSR count). The number of benzene rings is 3. The van der Waals surface area contributed by atoms with Gasteiger partial charge in [-0.3, -0.25) is 0 Å². The zero-order valence-electron chi connectivity index (χ0n) is 25.2. The molecule has 4 aromatic rings. The van der Waals surface area contributed by atoms with Gasteiger partial charge in [-0.1, -0.05) is 20.4 Å². The number of ether oxygens (including phenoxy) is 2. The fourth-order valence-corrected chi connectivity index (χ4v) is 5.90. The summed E-state index contributed by atoms with van der Waals surface area (Å²) in [4.78, 5) is 16.1. The molecule has 8 nitrogen and oxygen atoms in total. The van der Waals surface area contributed by atoms with Crippen LogP contribution in [-0.4, -0.2) is 61.2 Å². The lowest BCUT2D eigenvalue weighted by atomic mass is 9.96. The van der Waals surface area contributed by atoms with E-state index in [0.717, 1.165) is 82.7 Å². The van der Waals surface area contributed by atoms with Crippen LogP contribution >= 0.6 is 0 Å². The first-order valence-corrected chi connectivity index (χ1v) is 14.8. The van der Waals surface area contributed by atoms with Gasteiger partial charge in [0, 0.05) is 49.5 Å². The summed E-state index contributed by atoms with van der Waals surface area (Å²) in [5.41, 5.74) is 6.34. The van der Waals surface area contributed by atoms with Gasteiger partial charge in [0.25, 0.3) is 0 Å². The van der Waals surface area contributed by atoms with Gasteiger partial charge < -0.3 is 29.5 Å². The second kappa shape index (κ2) is 11.5. The normalized spacial score (nSPS) is 17.2. The zero-order valence-corrected chi connectivity index (χ0v) is 25.2. The van der Waals surface area contributed by atoms with Crippen LogP contribution in [0.1, 0.15) is 37.3 Å². The standard InChI is InChI=1S/C34H40N6O2/c1-7-22(3)27-16-26(10-11-30(27)39(6)8-2)42-32-12-9-24(15-23(32)4)37-34-28-17-31-33(18-29(28)35-21-36-34)41-20-25-19-38(5)13-14-40(25)31/h8-12,15-18,21-22,25H,2,7,13-14,19-20H2,1,3-6H3,(H,35,36,37). The number of aromatic nitrogens is 2. The van der Waals surface area contributed by atoms with E-state index in [4.69, 9.17) is 9.47 Å². The Kier molecular flexibility index (Phi) is 7.64. The molecule has 0 bridgehead atoms. The zero-order chi connectivity index (χ0) is 29.4. The number of fused-ring (bicyclic) bond motifs is 4. The average Bonchev–Trinajstić information content (AvgIpc) is 3.00. The van der Waals surface area contributed by atoms with Gasteiger partial charge in [-0.25, -0.2) is 9.97 Å². The third-order valence-corrected chi connectivity index (χ3v) is 8.60. The van der Waals surface area contributed by atoms with Crippen molar-refractivity contribution in [2.45, 2.75) is 39.2 Å². The molecule has 2 unspecified atom stereocenters. The molecule has 1 aromatic heterocycles. The van der Waals surface area contributed by atoms with Crippen LogP contribution in [-0.2, 0) is 0 Å². The molecule has 1 N–H and O–H groups in total. The summed E-state index contributed by atoms with van der Waals surface area (Å²) < 4.78 is 12.6. The van der Waals surface area contributed by atoms with E-state index in [2.05, 4.69) is 88.6 Å². The molecular formula is C34H40N6O2. The van der Waals surface area contributed by atoms with Gasteiger partial charge in [-0.05, 0) is 86.1 Å². The van der Waals surface area contributed by atoms with Gasteiger partial charge in [0.2, 0.25) is 0 Å². The van der Waals surface area contributed by atoms with Crippen molar-refractivity contribution in [3.63, 3.8) is 0 Å². The topological polar surface area (TPSA) is 66.0 Å². The Bertz CT molecular complexity index is 1620. The number of anilines is 4. The van der Waals surface area contributed by atoms with Crippen molar-refractivity contribution in [2.24, 2.45) is 0 Å². The molecule has 3 heterocycles. The summed E-state index contributed by atoms with van der Waals surface area (Å²) in [6.07, 6.45) is 4.49. The van der Waals surface area contributed by atoms with Gasteiger partial charge >= 0.3 is 0 Å². The lowest BCUT2D eigenvalue weighted by Crippen LogP contribution is -2.56. The lowest BCUT2D eigenvalue weighted by molar-refractivity contribution is 0.188. The Morgan fingerprint density at radius 1 is 1.17 bits per heavy atom. The first kappa shape index (κ1) is 27.8. The molecule has 8 heteroatoms. The Balaban J connectivity index is 1.25. The van der Waals surface area contributed by atoms with Gasteiger partial charge in [-0.15, -0.1) is 0 Å². The number of piperazine rings is 1. The summed E-state index contributed by atoms with van der Waals surface area (Å²) in [6.45, 7) is 14.2. The van der Waals surface area contributed by atoms with Crippen LogP contribution in [0.5, 0.6) is 17.2 Å². The van der Waals surface area contributed by atoms with E-state index in [9.17, 15) is 0 Å². The van der Waals surface area contributed by atoms with Crippen LogP contribution in [0.2, 0.25) is 0 Å². The Hall–Kier alpha value is -4.30. The van der Waals surface area contributed by atoms with E-state index in [0.29, 0.717) is 18.6 Å². The fourth-order valence-electron chi connectivity index (χ4n) is 5.90. The molecule has 2 aliphatic rings. The highest BCUT2D eigenvalue weighted by atomic mass is 16.5. The second-order valence-corrected chi connectivity index (χ2v) is 11.5. The number of hydrogen-bond acceptors (Lipinski definition) is 8. The molecule has 0 radical (unpaired) electrons. The molecule has 0 saturated carbocycles. The first-order chi connectivity index (χ1) is 20.3. The molecule has 42 heavy (non-hydrogen) atoms. The van der Waals surface area contributed by atoms with Gasteiger partial charge in [0.1, 0.15) is 36.0 Å². The minimum absolute atomic E-state index is 0.352. The highest BCUT2D eigenvalue weighted by Crippen LogP contribution is 2.40. The van der Waals surface area contributed by atoms with E-state index < -0.39 is 0 Å². The van der Waals surface area contributed by atoms with Crippen molar-refractivity contribution in [1.82, 2.24) is 14.9 Å². The monoisotopic (exact) mass is 564 g/mol. The number of nitrogens with zero attached hydrogens (tertiary/aromatic N) is 5. The lowest BCUT2D eigenvalue weighted by Gasteiger charge is -2.44. The van der Waals surface area contributed by atoms with Crippen LogP contribution in [0.15, 0.2) is 67.6 Å². The number of likely N-dealkylation sites (N-methyl/N-ethyl adjacent to an activating group) is 1. The summed E-state index contributed by atoms with van der Waals surface area (Å²) in [6, 6.07) is 17.0. The number of aryl methyl sites for hydroxylation is 1. The smallest absolute Gasteiger partial charge is 0.144 e.